The van der Waals surface area contributed by atoms with Gasteiger partial charge in [-0.05, 0) is 19.8 Å². The maximum Gasteiger partial charge on any atom is 0.226 e. The Hall–Kier alpha value is -1.93. The third-order valence-electron chi connectivity index (χ3n) is 4.69. The van der Waals surface area contributed by atoms with Crippen LogP contribution in [0.2, 0.25) is 0 Å². The highest BCUT2D eigenvalue weighted by atomic mass is 16.5. The molecule has 0 bridgehead atoms. The molecule has 8 nitrogen and oxygen atoms in total. The summed E-state index contributed by atoms with van der Waals surface area (Å²) >= 11 is 0. The zero-order chi connectivity index (χ0) is 16.0. The topological polar surface area (TPSA) is 111 Å². The molecule has 3 heterocycles. The van der Waals surface area contributed by atoms with Crippen molar-refractivity contribution in [2.45, 2.75) is 63.5 Å². The lowest BCUT2D eigenvalue weighted by Gasteiger charge is -2.17. The summed E-state index contributed by atoms with van der Waals surface area (Å²) in [5, 5.41) is 13.5. The number of aromatic nitrogens is 4. The molecule has 3 atom stereocenters. The van der Waals surface area contributed by atoms with Crippen molar-refractivity contribution in [2.24, 2.45) is 0 Å². The third-order valence-corrected chi connectivity index (χ3v) is 4.69. The number of nitrogen functional groups attached to an aromatic ring is 1. The van der Waals surface area contributed by atoms with Gasteiger partial charge < -0.3 is 20.9 Å². The summed E-state index contributed by atoms with van der Waals surface area (Å²) in [6.45, 7) is 1.94. The number of anilines is 2. The van der Waals surface area contributed by atoms with Crippen molar-refractivity contribution in [1.82, 2.24) is 19.5 Å². The van der Waals surface area contributed by atoms with Gasteiger partial charge >= 0.3 is 0 Å². The van der Waals surface area contributed by atoms with Gasteiger partial charge in [0, 0.05) is 12.5 Å². The molecule has 8 heteroatoms. The van der Waals surface area contributed by atoms with E-state index in [1.54, 1.807) is 10.9 Å². The number of aliphatic hydroxyl groups excluding tert-OH is 1. The predicted octanol–water partition coefficient (Wildman–Crippen LogP) is 1.43. The van der Waals surface area contributed by atoms with Crippen molar-refractivity contribution < 1.29 is 9.84 Å². The smallest absolute Gasteiger partial charge is 0.226 e. The minimum Gasteiger partial charge on any atom is -0.388 e. The Balaban J connectivity index is 1.70. The van der Waals surface area contributed by atoms with Crippen LogP contribution in [0.1, 0.15) is 45.3 Å². The van der Waals surface area contributed by atoms with Crippen LogP contribution in [0.3, 0.4) is 0 Å². The number of hydrogen-bond acceptors (Lipinski definition) is 7. The van der Waals surface area contributed by atoms with E-state index in [4.69, 9.17) is 10.5 Å². The highest BCUT2D eigenvalue weighted by molar-refractivity contribution is 5.83. The lowest BCUT2D eigenvalue weighted by Crippen LogP contribution is -2.20. The molecule has 0 amide bonds. The van der Waals surface area contributed by atoms with Crippen LogP contribution in [0.4, 0.5) is 11.8 Å². The van der Waals surface area contributed by atoms with E-state index < -0.39 is 12.3 Å². The van der Waals surface area contributed by atoms with Gasteiger partial charge in [-0.3, -0.25) is 4.57 Å². The summed E-state index contributed by atoms with van der Waals surface area (Å²) in [7, 11) is 0. The predicted molar refractivity (Wildman–Crippen MR) is 85.8 cm³/mol. The molecule has 1 aliphatic carbocycles. The second-order valence-electron chi connectivity index (χ2n) is 6.52. The van der Waals surface area contributed by atoms with Gasteiger partial charge in [-0.15, -0.1) is 0 Å². The van der Waals surface area contributed by atoms with Crippen LogP contribution < -0.4 is 11.1 Å². The molecule has 23 heavy (non-hydrogen) atoms. The number of nitrogens with zero attached hydrogens (tertiary/aromatic N) is 4. The van der Waals surface area contributed by atoms with E-state index in [9.17, 15) is 5.11 Å². The number of nitrogens with two attached hydrogens (primary N) is 1. The number of hydrogen-bond donors (Lipinski definition) is 3. The summed E-state index contributed by atoms with van der Waals surface area (Å²) in [6, 6.07) is 0.400. The van der Waals surface area contributed by atoms with Gasteiger partial charge in [-0.2, -0.15) is 9.97 Å². The van der Waals surface area contributed by atoms with Crippen molar-refractivity contribution in [1.29, 1.82) is 0 Å². The molecule has 0 aromatic carbocycles. The minimum absolute atomic E-state index is 0.00252. The van der Waals surface area contributed by atoms with E-state index in [0.717, 1.165) is 12.8 Å². The highest BCUT2D eigenvalue weighted by Gasteiger charge is 2.34. The lowest BCUT2D eigenvalue weighted by atomic mass is 10.2. The molecule has 2 aromatic heterocycles. The Morgan fingerprint density at radius 2 is 2.13 bits per heavy atom. The van der Waals surface area contributed by atoms with Gasteiger partial charge in [-0.25, -0.2) is 4.98 Å². The molecule has 0 spiro atoms. The summed E-state index contributed by atoms with van der Waals surface area (Å²) in [5.41, 5.74) is 7.17. The Kier molecular flexibility index (Phi) is 3.57. The van der Waals surface area contributed by atoms with Crippen LogP contribution in [-0.2, 0) is 4.74 Å². The molecular formula is C15H22N6O2. The molecule has 1 saturated carbocycles. The summed E-state index contributed by atoms with van der Waals surface area (Å²) in [5.74, 6) is 0.860. The molecule has 4 rings (SSSR count). The van der Waals surface area contributed by atoms with E-state index in [1.165, 1.54) is 12.8 Å². The first-order valence-corrected chi connectivity index (χ1v) is 8.22. The first-order chi connectivity index (χ1) is 11.1. The highest BCUT2D eigenvalue weighted by Crippen LogP contribution is 2.32. The molecule has 2 aliphatic rings. The monoisotopic (exact) mass is 318 g/mol. The average Bonchev–Trinajstić information content (AvgIpc) is 3.20. The molecule has 1 aliphatic heterocycles. The Morgan fingerprint density at radius 1 is 1.35 bits per heavy atom. The molecule has 4 N–H and O–H groups in total. The zero-order valence-electron chi connectivity index (χ0n) is 13.1. The molecule has 1 saturated heterocycles. The SMILES string of the molecule is CC1C[C@@H](O)C(n2cnc3c(N)nc(NC4CCCC4)nc32)O1. The number of ether oxygens (including phenoxy) is 1. The van der Waals surface area contributed by atoms with Crippen molar-refractivity contribution in [3.63, 3.8) is 0 Å². The molecule has 2 aromatic rings. The van der Waals surface area contributed by atoms with Gasteiger partial charge in [0.15, 0.2) is 17.7 Å². The second-order valence-corrected chi connectivity index (χ2v) is 6.52. The Morgan fingerprint density at radius 3 is 2.83 bits per heavy atom. The molecule has 2 unspecified atom stereocenters. The van der Waals surface area contributed by atoms with E-state index in [0.29, 0.717) is 35.4 Å². The van der Waals surface area contributed by atoms with E-state index in [1.807, 2.05) is 6.92 Å². The number of fused-ring (bicyclic) bond motifs is 1. The zero-order valence-corrected chi connectivity index (χ0v) is 13.1. The summed E-state index contributed by atoms with van der Waals surface area (Å²) in [6.07, 6.45) is 5.86. The van der Waals surface area contributed by atoms with Gasteiger partial charge in [0.2, 0.25) is 5.95 Å². The van der Waals surface area contributed by atoms with Crippen LogP contribution in [0.15, 0.2) is 6.33 Å². The largest absolute Gasteiger partial charge is 0.388 e. The van der Waals surface area contributed by atoms with Gasteiger partial charge in [0.05, 0.1) is 12.4 Å². The van der Waals surface area contributed by atoms with Crippen molar-refractivity contribution in [2.75, 3.05) is 11.1 Å². The lowest BCUT2D eigenvalue weighted by molar-refractivity contribution is -0.0297. The second kappa shape index (κ2) is 5.61. The van der Waals surface area contributed by atoms with Crippen LogP contribution in [0, 0.1) is 0 Å². The van der Waals surface area contributed by atoms with E-state index >= 15 is 0 Å². The van der Waals surface area contributed by atoms with Crippen molar-refractivity contribution in [3.8, 4) is 0 Å². The first kappa shape index (κ1) is 14.6. The van der Waals surface area contributed by atoms with E-state index in [2.05, 4.69) is 20.3 Å². The van der Waals surface area contributed by atoms with Gasteiger partial charge in [0.25, 0.3) is 0 Å². The fourth-order valence-corrected chi connectivity index (χ4v) is 3.53. The van der Waals surface area contributed by atoms with Gasteiger partial charge in [0.1, 0.15) is 11.6 Å². The summed E-state index contributed by atoms with van der Waals surface area (Å²) < 4.78 is 7.54. The maximum atomic E-state index is 10.2. The molecule has 0 radical (unpaired) electrons. The van der Waals surface area contributed by atoms with Gasteiger partial charge in [-0.1, -0.05) is 12.8 Å². The normalized spacial score (nSPS) is 28.7. The Bertz CT molecular complexity index is 711. The molecule has 2 fully saturated rings. The van der Waals surface area contributed by atoms with Crippen LogP contribution in [-0.4, -0.2) is 42.9 Å². The maximum absolute atomic E-state index is 10.2. The summed E-state index contributed by atoms with van der Waals surface area (Å²) in [4.78, 5) is 13.2. The number of nitrogens with one attached hydrogen (secondary N) is 1. The van der Waals surface area contributed by atoms with Crippen LogP contribution in [0.5, 0.6) is 0 Å². The molecular weight excluding hydrogens is 296 g/mol. The van der Waals surface area contributed by atoms with Crippen molar-refractivity contribution in [3.05, 3.63) is 6.33 Å². The van der Waals surface area contributed by atoms with Crippen molar-refractivity contribution >= 4 is 22.9 Å². The fraction of sp³-hybridized carbons (Fsp3) is 0.667. The van der Waals surface area contributed by atoms with Crippen LogP contribution in [0.25, 0.3) is 11.2 Å². The first-order valence-electron chi connectivity index (χ1n) is 8.22. The fourth-order valence-electron chi connectivity index (χ4n) is 3.53. The Labute approximate surface area is 134 Å². The standard InChI is InChI=1S/C15H22N6O2/c1-8-6-10(22)14(23-8)21-7-17-11-12(16)19-15(20-13(11)21)18-9-4-2-3-5-9/h7-10,14,22H,2-6H2,1H3,(H3,16,18,19,20)/t8?,10-,14?/m1/s1. The number of aliphatic hydroxyl groups is 1. The third kappa shape index (κ3) is 2.61. The average molecular weight is 318 g/mol. The number of rotatable bonds is 3. The minimum atomic E-state index is -0.579. The van der Waals surface area contributed by atoms with Crippen LogP contribution >= 0.6 is 0 Å². The quantitative estimate of drug-likeness (QED) is 0.785. The van der Waals surface area contributed by atoms with E-state index in [-0.39, 0.29) is 6.10 Å². The number of imidazole rings is 1. The molecule has 124 valence electrons.